The number of rotatable bonds is 7. The number of esters is 1. The first-order valence-corrected chi connectivity index (χ1v) is 14.4. The van der Waals surface area contributed by atoms with E-state index in [9.17, 15) is 4.79 Å². The molecule has 2 fully saturated rings. The van der Waals surface area contributed by atoms with E-state index in [0.717, 1.165) is 67.4 Å². The minimum Gasteiger partial charge on any atom is -0.489 e. The van der Waals surface area contributed by atoms with Crippen LogP contribution >= 0.6 is 0 Å². The lowest BCUT2D eigenvalue weighted by molar-refractivity contribution is -0.153. The van der Waals surface area contributed by atoms with Gasteiger partial charge in [-0.15, -0.1) is 0 Å². The van der Waals surface area contributed by atoms with E-state index in [1.807, 2.05) is 18.2 Å². The summed E-state index contributed by atoms with van der Waals surface area (Å²) in [5.74, 6) is 1.01. The minimum absolute atomic E-state index is 0.0638. The molecule has 2 saturated carbocycles. The Morgan fingerprint density at radius 2 is 1.88 bits per heavy atom. The number of benzene rings is 2. The molecule has 1 heterocycles. The zero-order valence-electron chi connectivity index (χ0n) is 23.9. The van der Waals surface area contributed by atoms with Crippen molar-refractivity contribution in [1.29, 1.82) is 0 Å². The fraction of sp³-hybridized carbons (Fsp3) is 0.471. The second kappa shape index (κ2) is 10.2. The predicted octanol–water partition coefficient (Wildman–Crippen LogP) is 7.54. The molecule has 3 atom stereocenters. The lowest BCUT2D eigenvalue weighted by Crippen LogP contribution is -2.47. The van der Waals surface area contributed by atoms with Crippen LogP contribution in [0, 0.1) is 17.2 Å². The molecule has 0 saturated heterocycles. The number of fused-ring (bicyclic) bond motifs is 2. The Bertz CT molecular complexity index is 1450. The van der Waals surface area contributed by atoms with Crippen molar-refractivity contribution in [2.24, 2.45) is 11.3 Å². The Hall–Kier alpha value is -3.41. The topological polar surface area (TPSA) is 57.7 Å². The Balaban J connectivity index is 1.30. The van der Waals surface area contributed by atoms with Crippen LogP contribution < -0.4 is 9.47 Å². The van der Waals surface area contributed by atoms with Gasteiger partial charge in [0.1, 0.15) is 18.2 Å². The second-order valence-electron chi connectivity index (χ2n) is 12.4. The van der Waals surface area contributed by atoms with Crippen LogP contribution in [0.4, 0.5) is 4.39 Å². The summed E-state index contributed by atoms with van der Waals surface area (Å²) in [6, 6.07) is 14.3. The van der Waals surface area contributed by atoms with Crippen LogP contribution in [-0.2, 0) is 28.0 Å². The highest BCUT2D eigenvalue weighted by Crippen LogP contribution is 2.57. The first-order chi connectivity index (χ1) is 19.3. The average molecular weight is 544 g/mol. The second-order valence-corrected chi connectivity index (χ2v) is 12.4. The number of hydrogen-bond donors (Lipinski definition) is 0. The molecule has 3 aliphatic rings. The van der Waals surface area contributed by atoms with Crippen molar-refractivity contribution in [2.75, 3.05) is 14.2 Å². The highest BCUT2D eigenvalue weighted by atomic mass is 19.1. The summed E-state index contributed by atoms with van der Waals surface area (Å²) in [5.41, 5.74) is 6.17. The maximum Gasteiger partial charge on any atom is 0.309 e. The van der Waals surface area contributed by atoms with Crippen LogP contribution in [0.25, 0.3) is 11.1 Å². The van der Waals surface area contributed by atoms with Gasteiger partial charge in [-0.05, 0) is 89.8 Å². The monoisotopic (exact) mass is 543 g/mol. The van der Waals surface area contributed by atoms with E-state index in [2.05, 4.69) is 37.0 Å². The van der Waals surface area contributed by atoms with Gasteiger partial charge in [-0.2, -0.15) is 0 Å². The number of nitrogens with zero attached hydrogens (tertiary/aromatic N) is 1. The van der Waals surface area contributed by atoms with Gasteiger partial charge in [-0.1, -0.05) is 44.5 Å². The number of methoxy groups -OCH3 is 2. The summed E-state index contributed by atoms with van der Waals surface area (Å²) in [7, 11) is 3.03. The number of halogens is 1. The number of carbonyl (C=O) groups excluding carboxylic acids is 1. The summed E-state index contributed by atoms with van der Waals surface area (Å²) in [6.45, 7) is 5.03. The molecule has 0 bridgehead atoms. The van der Waals surface area contributed by atoms with Gasteiger partial charge in [-0.3, -0.25) is 4.79 Å². The van der Waals surface area contributed by atoms with Crippen molar-refractivity contribution >= 4 is 5.97 Å². The summed E-state index contributed by atoms with van der Waals surface area (Å²) in [4.78, 5) is 16.5. The number of pyridine rings is 1. The third-order valence-electron chi connectivity index (χ3n) is 9.97. The molecule has 3 aromatic rings. The van der Waals surface area contributed by atoms with Gasteiger partial charge in [0.2, 0.25) is 5.88 Å². The molecule has 6 heteroatoms. The summed E-state index contributed by atoms with van der Waals surface area (Å²) in [6.07, 6.45) is 8.48. The SMILES string of the molecule is COC(=O)[C@H]1CC[C@@]12CCc1ccc(OCc3ccc(-c4cc(OC)ncc4F)c([C@@H]4CCCC4(C)C)c3)cc12. The van der Waals surface area contributed by atoms with Crippen molar-refractivity contribution in [1.82, 2.24) is 4.98 Å². The molecule has 1 spiro atoms. The van der Waals surface area contributed by atoms with Crippen LogP contribution in [0.3, 0.4) is 0 Å². The fourth-order valence-corrected chi connectivity index (χ4v) is 7.61. The van der Waals surface area contributed by atoms with E-state index in [0.29, 0.717) is 24.0 Å². The number of aryl methyl sites for hydroxylation is 1. The first-order valence-electron chi connectivity index (χ1n) is 14.4. The molecule has 0 radical (unpaired) electrons. The van der Waals surface area contributed by atoms with Crippen molar-refractivity contribution in [3.63, 3.8) is 0 Å². The molecule has 0 aliphatic heterocycles. The quantitative estimate of drug-likeness (QED) is 0.288. The summed E-state index contributed by atoms with van der Waals surface area (Å²) < 4.78 is 31.8. The molecule has 6 rings (SSSR count). The lowest BCUT2D eigenvalue weighted by Gasteiger charge is -2.46. The zero-order chi connectivity index (χ0) is 28.1. The molecule has 0 N–H and O–H groups in total. The van der Waals surface area contributed by atoms with Gasteiger partial charge in [0.05, 0.1) is 26.3 Å². The molecule has 1 aromatic heterocycles. The third-order valence-corrected chi connectivity index (χ3v) is 9.97. The van der Waals surface area contributed by atoms with Gasteiger partial charge >= 0.3 is 5.97 Å². The smallest absolute Gasteiger partial charge is 0.309 e. The molecule has 210 valence electrons. The Labute approximate surface area is 236 Å². The van der Waals surface area contributed by atoms with E-state index in [1.54, 1.807) is 13.2 Å². The van der Waals surface area contributed by atoms with Gasteiger partial charge in [-0.25, -0.2) is 9.37 Å². The van der Waals surface area contributed by atoms with Crippen molar-refractivity contribution < 1.29 is 23.4 Å². The van der Waals surface area contributed by atoms with Crippen molar-refractivity contribution in [3.05, 3.63) is 76.7 Å². The van der Waals surface area contributed by atoms with Crippen LogP contribution in [-0.4, -0.2) is 25.2 Å². The third kappa shape index (κ3) is 4.46. The molecular weight excluding hydrogens is 505 g/mol. The van der Waals surface area contributed by atoms with Crippen LogP contribution in [0.15, 0.2) is 48.7 Å². The molecular formula is C34H38FNO4. The maximum absolute atomic E-state index is 15.1. The van der Waals surface area contributed by atoms with Gasteiger partial charge in [0.25, 0.3) is 0 Å². The molecule has 5 nitrogen and oxygen atoms in total. The van der Waals surface area contributed by atoms with Gasteiger partial charge < -0.3 is 14.2 Å². The summed E-state index contributed by atoms with van der Waals surface area (Å²) >= 11 is 0. The van der Waals surface area contributed by atoms with Crippen molar-refractivity contribution in [3.8, 4) is 22.8 Å². The summed E-state index contributed by atoms with van der Waals surface area (Å²) in [5, 5.41) is 0. The molecule has 0 amide bonds. The normalized spacial score (nSPS) is 24.4. The number of aromatic nitrogens is 1. The van der Waals surface area contributed by atoms with Crippen molar-refractivity contribution in [2.45, 2.75) is 76.7 Å². The zero-order valence-corrected chi connectivity index (χ0v) is 23.9. The van der Waals surface area contributed by atoms with E-state index >= 15 is 4.39 Å². The number of carbonyl (C=O) groups is 1. The van der Waals surface area contributed by atoms with Crippen LogP contribution in [0.5, 0.6) is 11.6 Å². The highest BCUT2D eigenvalue weighted by molar-refractivity contribution is 5.77. The minimum atomic E-state index is -0.352. The maximum atomic E-state index is 15.1. The van der Waals surface area contributed by atoms with Gasteiger partial charge in [0, 0.05) is 17.0 Å². The number of ether oxygens (including phenoxy) is 3. The van der Waals surface area contributed by atoms with E-state index in [-0.39, 0.29) is 28.5 Å². The molecule has 3 aliphatic carbocycles. The standard InChI is InChI=1S/C34H38FNO4/c1-33(2)13-5-6-27(33)25-16-21(7-10-24(25)26-18-31(38-3)36-19-30(26)35)20-40-23-9-8-22-11-14-34(29(22)17-23)15-12-28(34)32(37)39-4/h7-10,16-19,27-28H,5-6,11-15,20H2,1-4H3/t27-,28+,34-/m0/s1. The predicted molar refractivity (Wildman–Crippen MR) is 152 cm³/mol. The average Bonchev–Trinajstić information content (AvgIpc) is 3.51. The van der Waals surface area contributed by atoms with Gasteiger partial charge in [0.15, 0.2) is 0 Å². The number of hydrogen-bond acceptors (Lipinski definition) is 5. The fourth-order valence-electron chi connectivity index (χ4n) is 7.61. The first kappa shape index (κ1) is 26.8. The Morgan fingerprint density at radius 1 is 1.02 bits per heavy atom. The Morgan fingerprint density at radius 3 is 2.58 bits per heavy atom. The largest absolute Gasteiger partial charge is 0.489 e. The van der Waals surface area contributed by atoms with Crippen LogP contribution in [0.2, 0.25) is 0 Å². The van der Waals surface area contributed by atoms with Crippen LogP contribution in [0.1, 0.15) is 80.5 Å². The molecule has 2 aromatic carbocycles. The highest BCUT2D eigenvalue weighted by Gasteiger charge is 2.55. The lowest BCUT2D eigenvalue weighted by atomic mass is 9.57. The Kier molecular flexibility index (Phi) is 6.84. The van der Waals surface area contributed by atoms with E-state index in [4.69, 9.17) is 14.2 Å². The molecule has 40 heavy (non-hydrogen) atoms. The van der Waals surface area contributed by atoms with E-state index in [1.165, 1.54) is 24.4 Å². The molecule has 0 unspecified atom stereocenters. The van der Waals surface area contributed by atoms with E-state index < -0.39 is 0 Å².